The molecule has 1 aliphatic rings. The predicted octanol–water partition coefficient (Wildman–Crippen LogP) is 2.61. The monoisotopic (exact) mass is 292 g/mol. The Bertz CT molecular complexity index is 442. The number of hydrogen-bond donors (Lipinski definition) is 2. The average Bonchev–Trinajstić information content (AvgIpc) is 2.41. The molecule has 0 aliphatic heterocycles. The molecule has 1 aliphatic carbocycles. The van der Waals surface area contributed by atoms with Gasteiger partial charge in [0.15, 0.2) is 0 Å². The summed E-state index contributed by atoms with van der Waals surface area (Å²) in [6.45, 7) is 2.09. The van der Waals surface area contributed by atoms with Gasteiger partial charge in [-0.2, -0.15) is 0 Å². The lowest BCUT2D eigenvalue weighted by Crippen LogP contribution is -2.41. The SMILES string of the molecule is Cc1cccc(CSCC(=O)NC2CCC(N)CC2)c1. The van der Waals surface area contributed by atoms with Crippen LogP contribution in [0, 0.1) is 6.92 Å². The molecule has 4 heteroatoms. The Morgan fingerprint density at radius 1 is 1.35 bits per heavy atom. The number of hydrogen-bond acceptors (Lipinski definition) is 3. The third-order valence-corrected chi connectivity index (χ3v) is 4.73. The molecular weight excluding hydrogens is 268 g/mol. The molecule has 0 atom stereocenters. The second kappa shape index (κ2) is 7.70. The fourth-order valence-corrected chi connectivity index (χ4v) is 3.38. The summed E-state index contributed by atoms with van der Waals surface area (Å²) in [4.78, 5) is 11.9. The Labute approximate surface area is 125 Å². The number of carbonyl (C=O) groups excluding carboxylic acids is 1. The molecule has 0 unspecified atom stereocenters. The third kappa shape index (κ3) is 5.17. The molecule has 0 spiro atoms. The fraction of sp³-hybridized carbons (Fsp3) is 0.562. The van der Waals surface area contributed by atoms with E-state index in [0.29, 0.717) is 17.8 Å². The van der Waals surface area contributed by atoms with Crippen molar-refractivity contribution in [3.63, 3.8) is 0 Å². The molecule has 3 N–H and O–H groups in total. The van der Waals surface area contributed by atoms with Crippen molar-refractivity contribution in [1.29, 1.82) is 0 Å². The van der Waals surface area contributed by atoms with Gasteiger partial charge in [-0.1, -0.05) is 29.8 Å². The summed E-state index contributed by atoms with van der Waals surface area (Å²) in [5, 5.41) is 3.12. The van der Waals surface area contributed by atoms with Gasteiger partial charge in [-0.25, -0.2) is 0 Å². The van der Waals surface area contributed by atoms with E-state index < -0.39 is 0 Å². The largest absolute Gasteiger partial charge is 0.353 e. The Morgan fingerprint density at radius 3 is 2.80 bits per heavy atom. The van der Waals surface area contributed by atoms with Crippen molar-refractivity contribution in [2.24, 2.45) is 5.73 Å². The molecule has 0 aromatic heterocycles. The Morgan fingerprint density at radius 2 is 2.10 bits per heavy atom. The molecular formula is C16H24N2OS. The van der Waals surface area contributed by atoms with Crippen molar-refractivity contribution in [3.8, 4) is 0 Å². The van der Waals surface area contributed by atoms with Gasteiger partial charge in [0.2, 0.25) is 5.91 Å². The highest BCUT2D eigenvalue weighted by molar-refractivity contribution is 7.99. The van der Waals surface area contributed by atoms with E-state index in [4.69, 9.17) is 5.73 Å². The highest BCUT2D eigenvalue weighted by Crippen LogP contribution is 2.17. The van der Waals surface area contributed by atoms with Crippen molar-refractivity contribution in [2.45, 2.75) is 50.4 Å². The second-order valence-corrected chi connectivity index (χ2v) is 6.65. The molecule has 1 aromatic carbocycles. The van der Waals surface area contributed by atoms with Gasteiger partial charge < -0.3 is 11.1 Å². The van der Waals surface area contributed by atoms with Crippen LogP contribution in [0.4, 0.5) is 0 Å². The van der Waals surface area contributed by atoms with Crippen molar-refractivity contribution in [1.82, 2.24) is 5.32 Å². The van der Waals surface area contributed by atoms with Crippen LogP contribution in [0.1, 0.15) is 36.8 Å². The number of nitrogens with two attached hydrogens (primary N) is 1. The van der Waals surface area contributed by atoms with E-state index in [0.717, 1.165) is 31.4 Å². The lowest BCUT2D eigenvalue weighted by Gasteiger charge is -2.26. The predicted molar refractivity (Wildman–Crippen MR) is 85.7 cm³/mol. The van der Waals surface area contributed by atoms with E-state index in [9.17, 15) is 4.79 Å². The average molecular weight is 292 g/mol. The number of carbonyl (C=O) groups is 1. The van der Waals surface area contributed by atoms with E-state index in [1.807, 2.05) is 0 Å². The van der Waals surface area contributed by atoms with Crippen LogP contribution in [0.3, 0.4) is 0 Å². The van der Waals surface area contributed by atoms with Gasteiger partial charge in [0.25, 0.3) is 0 Å². The van der Waals surface area contributed by atoms with Gasteiger partial charge in [-0.05, 0) is 38.2 Å². The number of rotatable bonds is 5. The molecule has 0 bridgehead atoms. The molecule has 1 aromatic rings. The van der Waals surface area contributed by atoms with Crippen LogP contribution in [0.2, 0.25) is 0 Å². The minimum atomic E-state index is 0.156. The van der Waals surface area contributed by atoms with E-state index in [2.05, 4.69) is 36.5 Å². The maximum atomic E-state index is 11.9. The summed E-state index contributed by atoms with van der Waals surface area (Å²) in [6.07, 6.45) is 4.10. The lowest BCUT2D eigenvalue weighted by atomic mass is 9.92. The summed E-state index contributed by atoms with van der Waals surface area (Å²) in [5.41, 5.74) is 8.42. The van der Waals surface area contributed by atoms with E-state index in [1.165, 1.54) is 11.1 Å². The minimum Gasteiger partial charge on any atom is -0.353 e. The van der Waals surface area contributed by atoms with Crippen LogP contribution in [0.25, 0.3) is 0 Å². The van der Waals surface area contributed by atoms with Crippen LogP contribution in [-0.2, 0) is 10.5 Å². The number of aryl methyl sites for hydroxylation is 1. The standard InChI is InChI=1S/C16H24N2OS/c1-12-3-2-4-13(9-12)10-20-11-16(19)18-15-7-5-14(17)6-8-15/h2-4,9,14-15H,5-8,10-11,17H2,1H3,(H,18,19). The highest BCUT2D eigenvalue weighted by atomic mass is 32.2. The van der Waals surface area contributed by atoms with Crippen molar-refractivity contribution >= 4 is 17.7 Å². The third-order valence-electron chi connectivity index (χ3n) is 3.72. The molecule has 1 saturated carbocycles. The molecule has 0 saturated heterocycles. The van der Waals surface area contributed by atoms with Crippen LogP contribution in [0.5, 0.6) is 0 Å². The van der Waals surface area contributed by atoms with Crippen molar-refractivity contribution in [2.75, 3.05) is 5.75 Å². The maximum Gasteiger partial charge on any atom is 0.230 e. The number of amides is 1. The number of benzene rings is 1. The molecule has 110 valence electrons. The quantitative estimate of drug-likeness (QED) is 0.877. The summed E-state index contributed by atoms with van der Waals surface area (Å²) >= 11 is 1.68. The fourth-order valence-electron chi connectivity index (χ4n) is 2.60. The molecule has 1 amide bonds. The summed E-state index contributed by atoms with van der Waals surface area (Å²) in [6, 6.07) is 9.11. The molecule has 1 fully saturated rings. The smallest absolute Gasteiger partial charge is 0.230 e. The Balaban J connectivity index is 1.65. The van der Waals surface area contributed by atoms with Gasteiger partial charge in [0.1, 0.15) is 0 Å². The van der Waals surface area contributed by atoms with Crippen molar-refractivity contribution < 1.29 is 4.79 Å². The van der Waals surface area contributed by atoms with Gasteiger partial charge >= 0.3 is 0 Å². The van der Waals surface area contributed by atoms with E-state index in [1.54, 1.807) is 11.8 Å². The zero-order valence-corrected chi connectivity index (χ0v) is 12.9. The topological polar surface area (TPSA) is 55.1 Å². The minimum absolute atomic E-state index is 0.156. The van der Waals surface area contributed by atoms with Crippen molar-refractivity contribution in [3.05, 3.63) is 35.4 Å². The van der Waals surface area contributed by atoms with Crippen LogP contribution < -0.4 is 11.1 Å². The maximum absolute atomic E-state index is 11.9. The normalized spacial score (nSPS) is 22.5. The van der Waals surface area contributed by atoms with Gasteiger partial charge in [-0.3, -0.25) is 4.79 Å². The first kappa shape index (κ1) is 15.4. The first-order chi connectivity index (χ1) is 9.63. The van der Waals surface area contributed by atoms with Crippen LogP contribution in [-0.4, -0.2) is 23.7 Å². The Hall–Kier alpha value is -1.00. The number of thioether (sulfide) groups is 1. The molecule has 3 nitrogen and oxygen atoms in total. The number of nitrogens with one attached hydrogen (secondary N) is 1. The van der Waals surface area contributed by atoms with Gasteiger partial charge in [-0.15, -0.1) is 11.8 Å². The molecule has 0 radical (unpaired) electrons. The first-order valence-electron chi connectivity index (χ1n) is 7.31. The molecule has 0 heterocycles. The zero-order chi connectivity index (χ0) is 14.4. The summed E-state index contributed by atoms with van der Waals surface area (Å²) in [5.74, 6) is 1.59. The Kier molecular flexibility index (Phi) is 5.92. The van der Waals surface area contributed by atoms with Gasteiger partial charge in [0, 0.05) is 17.8 Å². The molecule has 2 rings (SSSR count). The summed E-state index contributed by atoms with van der Waals surface area (Å²) in [7, 11) is 0. The van der Waals surface area contributed by atoms with E-state index >= 15 is 0 Å². The first-order valence-corrected chi connectivity index (χ1v) is 8.47. The van der Waals surface area contributed by atoms with Crippen LogP contribution in [0.15, 0.2) is 24.3 Å². The lowest BCUT2D eigenvalue weighted by molar-refractivity contribution is -0.119. The molecule has 20 heavy (non-hydrogen) atoms. The highest BCUT2D eigenvalue weighted by Gasteiger charge is 2.19. The van der Waals surface area contributed by atoms with E-state index in [-0.39, 0.29) is 5.91 Å². The zero-order valence-electron chi connectivity index (χ0n) is 12.1. The second-order valence-electron chi connectivity index (χ2n) is 5.66. The summed E-state index contributed by atoms with van der Waals surface area (Å²) < 4.78 is 0. The van der Waals surface area contributed by atoms with Crippen LogP contribution >= 0.6 is 11.8 Å². The van der Waals surface area contributed by atoms with Gasteiger partial charge in [0.05, 0.1) is 5.75 Å².